The van der Waals surface area contributed by atoms with Gasteiger partial charge in [0, 0.05) is 27.7 Å². The molecule has 6 nitrogen and oxygen atoms in total. The molecule has 3 aromatic rings. The van der Waals surface area contributed by atoms with Gasteiger partial charge in [-0.2, -0.15) is 0 Å². The van der Waals surface area contributed by atoms with Crippen LogP contribution in [-0.2, 0) is 21.4 Å². The first-order valence-corrected chi connectivity index (χ1v) is 12.1. The van der Waals surface area contributed by atoms with Gasteiger partial charge in [-0.15, -0.1) is 0 Å². The van der Waals surface area contributed by atoms with Crippen molar-refractivity contribution in [3.05, 3.63) is 86.8 Å². The summed E-state index contributed by atoms with van der Waals surface area (Å²) in [5.74, 6) is -2.23. The van der Waals surface area contributed by atoms with Crippen molar-refractivity contribution in [3.8, 4) is 11.3 Å². The van der Waals surface area contributed by atoms with Gasteiger partial charge in [0.2, 0.25) is 15.9 Å². The van der Waals surface area contributed by atoms with Gasteiger partial charge in [-0.05, 0) is 60.5 Å². The Bertz CT molecular complexity index is 1280. The number of benzene rings is 2. The van der Waals surface area contributed by atoms with Crippen LogP contribution in [0.1, 0.15) is 28.3 Å². The molecule has 1 amide bonds. The Balaban J connectivity index is 2.23. The number of nitrogens with zero attached hydrogens (tertiary/aromatic N) is 1. The van der Waals surface area contributed by atoms with Crippen molar-refractivity contribution in [2.45, 2.75) is 19.4 Å². The number of halogens is 3. The first-order valence-electron chi connectivity index (χ1n) is 9.41. The summed E-state index contributed by atoms with van der Waals surface area (Å²) < 4.78 is 39.3. The number of aromatic nitrogens is 1. The van der Waals surface area contributed by atoms with E-state index in [0.29, 0.717) is 27.9 Å². The summed E-state index contributed by atoms with van der Waals surface area (Å²) in [4.78, 5) is 17.1. The molecule has 168 valence electrons. The second-order valence-corrected chi connectivity index (χ2v) is 9.96. The summed E-state index contributed by atoms with van der Waals surface area (Å²) in [6.45, 7) is 1.67. The molecule has 0 radical (unpaired) electrons. The van der Waals surface area contributed by atoms with E-state index in [4.69, 9.17) is 28.9 Å². The van der Waals surface area contributed by atoms with Gasteiger partial charge in [0.1, 0.15) is 11.7 Å². The van der Waals surface area contributed by atoms with Crippen LogP contribution in [0.2, 0.25) is 10.0 Å². The summed E-state index contributed by atoms with van der Waals surface area (Å²) in [5.41, 5.74) is 8.41. The lowest BCUT2D eigenvalue weighted by Crippen LogP contribution is -2.25. The van der Waals surface area contributed by atoms with Crippen molar-refractivity contribution in [1.29, 1.82) is 0 Å². The van der Waals surface area contributed by atoms with E-state index in [2.05, 4.69) is 9.71 Å². The minimum atomic E-state index is -3.48. The fraction of sp³-hybridized carbons (Fsp3) is 0.182. The number of nitrogens with one attached hydrogen (secondary N) is 1. The molecule has 10 heteroatoms. The van der Waals surface area contributed by atoms with Crippen LogP contribution in [0.4, 0.5) is 4.39 Å². The number of sulfonamides is 1. The number of primary amides is 1. The Morgan fingerprint density at radius 2 is 1.81 bits per heavy atom. The maximum absolute atomic E-state index is 13.6. The van der Waals surface area contributed by atoms with Gasteiger partial charge in [0.05, 0.1) is 17.6 Å². The van der Waals surface area contributed by atoms with E-state index in [-0.39, 0.29) is 22.3 Å². The van der Waals surface area contributed by atoms with Crippen LogP contribution in [-0.4, -0.2) is 25.6 Å². The lowest BCUT2D eigenvalue weighted by molar-refractivity contribution is -0.118. The largest absolute Gasteiger partial charge is 0.369 e. The highest BCUT2D eigenvalue weighted by atomic mass is 35.5. The number of amides is 1. The quantitative estimate of drug-likeness (QED) is 0.513. The first-order chi connectivity index (χ1) is 15.0. The molecule has 0 aliphatic heterocycles. The molecule has 0 saturated heterocycles. The van der Waals surface area contributed by atoms with E-state index < -0.39 is 27.7 Å². The van der Waals surface area contributed by atoms with Crippen molar-refractivity contribution < 1.29 is 17.6 Å². The third-order valence-corrected chi connectivity index (χ3v) is 6.10. The predicted octanol–water partition coefficient (Wildman–Crippen LogP) is 4.17. The summed E-state index contributed by atoms with van der Waals surface area (Å²) >= 11 is 12.7. The molecule has 0 aliphatic rings. The third-order valence-electron chi connectivity index (χ3n) is 4.78. The second-order valence-electron chi connectivity index (χ2n) is 7.31. The Labute approximate surface area is 195 Å². The highest BCUT2D eigenvalue weighted by molar-refractivity contribution is 7.88. The Kier molecular flexibility index (Phi) is 7.19. The molecule has 2 aromatic carbocycles. The maximum atomic E-state index is 13.6. The molecule has 3 rings (SSSR count). The minimum absolute atomic E-state index is 0.0523. The number of carbonyl (C=O) groups excluding carboxylic acids is 1. The summed E-state index contributed by atoms with van der Waals surface area (Å²) in [5, 5.41) is 0.476. The average molecular weight is 496 g/mol. The van der Waals surface area contributed by atoms with Crippen molar-refractivity contribution in [2.75, 3.05) is 6.26 Å². The standard InChI is InChI=1S/C22H20Cl2FN3O3S/c1-12-8-14(25)6-7-15(12)18-9-13(11-27-32(2,30)31)10-19(28-18)21(22(26)29)20-16(23)4-3-5-17(20)24/h3-10,21,27H,11H2,1-2H3,(H2,26,29). The molecule has 1 unspecified atom stereocenters. The fourth-order valence-corrected chi connectivity index (χ4v) is 4.39. The van der Waals surface area contributed by atoms with E-state index in [9.17, 15) is 17.6 Å². The number of rotatable bonds is 7. The van der Waals surface area contributed by atoms with Crippen molar-refractivity contribution in [3.63, 3.8) is 0 Å². The van der Waals surface area contributed by atoms with Crippen LogP contribution in [0.25, 0.3) is 11.3 Å². The van der Waals surface area contributed by atoms with Crippen molar-refractivity contribution in [1.82, 2.24) is 9.71 Å². The Hall–Kier alpha value is -2.52. The molecule has 1 heterocycles. The molecule has 0 aliphatic carbocycles. The number of pyridine rings is 1. The third kappa shape index (κ3) is 5.63. The zero-order chi connectivity index (χ0) is 23.6. The first kappa shape index (κ1) is 24.1. The lowest BCUT2D eigenvalue weighted by Gasteiger charge is -2.19. The van der Waals surface area contributed by atoms with Gasteiger partial charge in [-0.1, -0.05) is 29.3 Å². The summed E-state index contributed by atoms with van der Waals surface area (Å²) in [7, 11) is -3.48. The van der Waals surface area contributed by atoms with Crippen LogP contribution < -0.4 is 10.5 Å². The van der Waals surface area contributed by atoms with E-state index in [1.54, 1.807) is 43.3 Å². The molecule has 0 bridgehead atoms. The number of nitrogens with two attached hydrogens (primary N) is 1. The molecule has 1 atom stereocenters. The summed E-state index contributed by atoms with van der Waals surface area (Å²) in [6, 6.07) is 12.2. The smallest absolute Gasteiger partial charge is 0.231 e. The van der Waals surface area contributed by atoms with E-state index >= 15 is 0 Å². The predicted molar refractivity (Wildman–Crippen MR) is 124 cm³/mol. The second kappa shape index (κ2) is 9.54. The number of carbonyl (C=O) groups is 1. The normalized spacial score (nSPS) is 12.5. The highest BCUT2D eigenvalue weighted by Gasteiger charge is 2.28. The number of hydrogen-bond acceptors (Lipinski definition) is 4. The zero-order valence-electron chi connectivity index (χ0n) is 17.2. The highest BCUT2D eigenvalue weighted by Crippen LogP contribution is 2.36. The Morgan fingerprint density at radius 1 is 1.16 bits per heavy atom. The molecule has 1 aromatic heterocycles. The van der Waals surface area contributed by atoms with Crippen LogP contribution in [0.5, 0.6) is 0 Å². The average Bonchev–Trinajstić information content (AvgIpc) is 2.68. The SMILES string of the molecule is Cc1cc(F)ccc1-c1cc(CNS(C)(=O)=O)cc(C(C(N)=O)c2c(Cl)cccc2Cl)n1. The zero-order valence-corrected chi connectivity index (χ0v) is 19.5. The van der Waals surface area contributed by atoms with E-state index in [1.165, 1.54) is 12.1 Å². The van der Waals surface area contributed by atoms with Crippen molar-refractivity contribution in [2.24, 2.45) is 5.73 Å². The lowest BCUT2D eigenvalue weighted by atomic mass is 9.92. The molecular weight excluding hydrogens is 476 g/mol. The van der Waals surface area contributed by atoms with Crippen LogP contribution >= 0.6 is 23.2 Å². The van der Waals surface area contributed by atoms with Gasteiger partial charge in [0.25, 0.3) is 0 Å². The molecule has 0 spiro atoms. The fourth-order valence-electron chi connectivity index (χ4n) is 3.35. The molecule has 32 heavy (non-hydrogen) atoms. The van der Waals surface area contributed by atoms with Gasteiger partial charge in [-0.3, -0.25) is 9.78 Å². The van der Waals surface area contributed by atoms with Gasteiger partial charge in [-0.25, -0.2) is 17.5 Å². The van der Waals surface area contributed by atoms with Crippen molar-refractivity contribution >= 4 is 39.1 Å². The topological polar surface area (TPSA) is 102 Å². The van der Waals surface area contributed by atoms with E-state index in [1.807, 2.05) is 0 Å². The Morgan fingerprint density at radius 3 is 2.38 bits per heavy atom. The minimum Gasteiger partial charge on any atom is -0.369 e. The molecule has 0 fully saturated rings. The van der Waals surface area contributed by atoms with Gasteiger partial charge < -0.3 is 5.73 Å². The molecule has 0 saturated carbocycles. The maximum Gasteiger partial charge on any atom is 0.231 e. The van der Waals surface area contributed by atoms with Crippen LogP contribution in [0, 0.1) is 12.7 Å². The monoisotopic (exact) mass is 495 g/mol. The van der Waals surface area contributed by atoms with Crippen LogP contribution in [0.3, 0.4) is 0 Å². The van der Waals surface area contributed by atoms with Crippen LogP contribution in [0.15, 0.2) is 48.5 Å². The molecular formula is C22H20Cl2FN3O3S. The van der Waals surface area contributed by atoms with Gasteiger partial charge in [0.15, 0.2) is 0 Å². The number of hydrogen-bond donors (Lipinski definition) is 2. The van der Waals surface area contributed by atoms with E-state index in [0.717, 1.165) is 6.26 Å². The number of aryl methyl sites for hydroxylation is 1. The summed E-state index contributed by atoms with van der Waals surface area (Å²) in [6.07, 6.45) is 1.04. The molecule has 3 N–H and O–H groups in total. The van der Waals surface area contributed by atoms with Gasteiger partial charge >= 0.3 is 0 Å².